The Kier molecular flexibility index (Phi) is 2.78. The van der Waals surface area contributed by atoms with Crippen LogP contribution >= 0.6 is 15.9 Å². The second-order valence-corrected chi connectivity index (χ2v) is 5.38. The van der Waals surface area contributed by atoms with Crippen molar-refractivity contribution in [1.82, 2.24) is 0 Å². The Balaban J connectivity index is 2.14. The van der Waals surface area contributed by atoms with Crippen molar-refractivity contribution in [2.45, 2.75) is 26.4 Å². The van der Waals surface area contributed by atoms with Crippen LogP contribution in [0.3, 0.4) is 0 Å². The Morgan fingerprint density at radius 1 is 1.50 bits per heavy atom. The van der Waals surface area contributed by atoms with E-state index in [1.165, 1.54) is 12.1 Å². The van der Waals surface area contributed by atoms with Gasteiger partial charge in [0.05, 0.1) is 9.89 Å². The van der Waals surface area contributed by atoms with Gasteiger partial charge in [-0.3, -0.25) is 4.79 Å². The Morgan fingerprint density at radius 3 is 2.69 bits per heavy atom. The lowest BCUT2D eigenvalue weighted by atomic mass is 9.68. The molecule has 0 spiro atoms. The van der Waals surface area contributed by atoms with Gasteiger partial charge in [-0.2, -0.15) is 0 Å². The Bertz CT molecular complexity index is 443. The third kappa shape index (κ3) is 1.86. The van der Waals surface area contributed by atoms with Crippen molar-refractivity contribution < 1.29 is 13.9 Å². The Labute approximate surface area is 102 Å². The molecule has 4 heteroatoms. The summed E-state index contributed by atoms with van der Waals surface area (Å²) in [6.45, 7) is 3.72. The first-order valence-electron chi connectivity index (χ1n) is 5.06. The zero-order chi connectivity index (χ0) is 11.9. The van der Waals surface area contributed by atoms with Gasteiger partial charge in [0.2, 0.25) is 0 Å². The zero-order valence-corrected chi connectivity index (χ0v) is 10.7. The van der Waals surface area contributed by atoms with Crippen molar-refractivity contribution in [1.29, 1.82) is 0 Å². The first-order chi connectivity index (χ1) is 7.41. The summed E-state index contributed by atoms with van der Waals surface area (Å²) in [6, 6.07) is 4.26. The van der Waals surface area contributed by atoms with Crippen molar-refractivity contribution in [2.24, 2.45) is 5.41 Å². The molecule has 0 saturated heterocycles. The number of hydrogen-bond acceptors (Lipinski definition) is 2. The molecular formula is C12H12BrFO2. The van der Waals surface area contributed by atoms with E-state index in [0.717, 1.165) is 0 Å². The lowest BCUT2D eigenvalue weighted by Crippen LogP contribution is -2.53. The van der Waals surface area contributed by atoms with Gasteiger partial charge in [-0.05, 0) is 48.0 Å². The van der Waals surface area contributed by atoms with E-state index in [1.807, 2.05) is 13.8 Å². The lowest BCUT2D eigenvalue weighted by molar-refractivity contribution is -0.148. The van der Waals surface area contributed by atoms with Crippen LogP contribution in [-0.2, 0) is 4.79 Å². The number of hydrogen-bond donors (Lipinski definition) is 0. The van der Waals surface area contributed by atoms with Gasteiger partial charge >= 0.3 is 0 Å². The predicted molar refractivity (Wildman–Crippen MR) is 61.9 cm³/mol. The number of carbonyl (C=O) groups is 1. The maximum atomic E-state index is 12.9. The number of ketones is 1. The number of Topliss-reactive ketones (excluding diaryl/α,β-unsaturated/α-hetero) is 1. The topological polar surface area (TPSA) is 26.3 Å². The molecule has 0 bridgehead atoms. The van der Waals surface area contributed by atoms with Crippen molar-refractivity contribution in [3.05, 3.63) is 28.5 Å². The van der Waals surface area contributed by atoms with Gasteiger partial charge in [-0.15, -0.1) is 0 Å². The SMILES string of the molecule is CC1(C)C(=O)CC1Oc1ccc(F)cc1Br. The van der Waals surface area contributed by atoms with E-state index < -0.39 is 5.41 Å². The van der Waals surface area contributed by atoms with Crippen molar-refractivity contribution in [3.8, 4) is 5.75 Å². The quantitative estimate of drug-likeness (QED) is 0.834. The molecule has 0 aliphatic heterocycles. The van der Waals surface area contributed by atoms with Crippen LogP contribution in [0, 0.1) is 11.2 Å². The highest BCUT2D eigenvalue weighted by Crippen LogP contribution is 2.40. The number of ether oxygens (including phenoxy) is 1. The molecule has 0 N–H and O–H groups in total. The molecule has 16 heavy (non-hydrogen) atoms. The molecule has 2 nitrogen and oxygen atoms in total. The minimum absolute atomic E-state index is 0.123. The molecule has 0 aromatic heterocycles. The van der Waals surface area contributed by atoms with Crippen LogP contribution in [-0.4, -0.2) is 11.9 Å². The molecule has 1 saturated carbocycles. The van der Waals surface area contributed by atoms with E-state index in [1.54, 1.807) is 6.07 Å². The molecule has 2 rings (SSSR count). The van der Waals surface area contributed by atoms with Crippen LogP contribution in [0.4, 0.5) is 4.39 Å². The van der Waals surface area contributed by atoms with Crippen LogP contribution in [0.15, 0.2) is 22.7 Å². The van der Waals surface area contributed by atoms with E-state index in [9.17, 15) is 9.18 Å². The summed E-state index contributed by atoms with van der Waals surface area (Å²) in [5, 5.41) is 0. The summed E-state index contributed by atoms with van der Waals surface area (Å²) in [7, 11) is 0. The van der Waals surface area contributed by atoms with E-state index in [0.29, 0.717) is 16.6 Å². The van der Waals surface area contributed by atoms with Gasteiger partial charge in [0.15, 0.2) is 0 Å². The fourth-order valence-electron chi connectivity index (χ4n) is 1.65. The fourth-order valence-corrected chi connectivity index (χ4v) is 2.09. The Hall–Kier alpha value is -0.900. The number of rotatable bonds is 2. The maximum absolute atomic E-state index is 12.9. The second kappa shape index (κ2) is 3.84. The molecule has 0 radical (unpaired) electrons. The normalized spacial score (nSPS) is 22.8. The highest BCUT2D eigenvalue weighted by molar-refractivity contribution is 9.10. The van der Waals surface area contributed by atoms with E-state index >= 15 is 0 Å². The Morgan fingerprint density at radius 2 is 2.19 bits per heavy atom. The smallest absolute Gasteiger partial charge is 0.145 e. The number of carbonyl (C=O) groups excluding carboxylic acids is 1. The fraction of sp³-hybridized carbons (Fsp3) is 0.417. The summed E-state index contributed by atoms with van der Waals surface area (Å²) in [5.41, 5.74) is -0.437. The molecule has 0 heterocycles. The molecule has 1 fully saturated rings. The van der Waals surface area contributed by atoms with E-state index in [-0.39, 0.29) is 17.7 Å². The van der Waals surface area contributed by atoms with Crippen LogP contribution in [0.1, 0.15) is 20.3 Å². The molecule has 1 unspecified atom stereocenters. The van der Waals surface area contributed by atoms with Crippen LogP contribution in [0.25, 0.3) is 0 Å². The highest BCUT2D eigenvalue weighted by atomic mass is 79.9. The summed E-state index contributed by atoms with van der Waals surface area (Å²) < 4.78 is 19.1. The number of benzene rings is 1. The largest absolute Gasteiger partial charge is 0.488 e. The standard InChI is InChI=1S/C12H12BrFO2/c1-12(2)10(15)6-11(12)16-9-4-3-7(14)5-8(9)13/h3-5,11H,6H2,1-2H3. The van der Waals surface area contributed by atoms with Crippen LogP contribution in [0.5, 0.6) is 5.75 Å². The molecule has 1 aromatic rings. The van der Waals surface area contributed by atoms with Crippen molar-refractivity contribution >= 4 is 21.7 Å². The third-order valence-corrected chi connectivity index (χ3v) is 3.68. The van der Waals surface area contributed by atoms with E-state index in [4.69, 9.17) is 4.74 Å². The first kappa shape index (κ1) is 11.6. The maximum Gasteiger partial charge on any atom is 0.145 e. The summed E-state index contributed by atoms with van der Waals surface area (Å²) in [5.74, 6) is 0.464. The van der Waals surface area contributed by atoms with Crippen LogP contribution < -0.4 is 4.74 Å². The van der Waals surface area contributed by atoms with Gasteiger partial charge in [0.25, 0.3) is 0 Å². The van der Waals surface area contributed by atoms with Gasteiger partial charge in [-0.25, -0.2) is 4.39 Å². The molecule has 0 amide bonds. The molecule has 1 aliphatic carbocycles. The van der Waals surface area contributed by atoms with Crippen LogP contribution in [0.2, 0.25) is 0 Å². The summed E-state index contributed by atoms with van der Waals surface area (Å²) in [4.78, 5) is 11.3. The molecule has 1 atom stereocenters. The average molecular weight is 287 g/mol. The van der Waals surface area contributed by atoms with Gasteiger partial charge in [0.1, 0.15) is 23.5 Å². The predicted octanol–water partition coefficient (Wildman–Crippen LogP) is 3.33. The van der Waals surface area contributed by atoms with E-state index in [2.05, 4.69) is 15.9 Å². The van der Waals surface area contributed by atoms with Crippen molar-refractivity contribution in [3.63, 3.8) is 0 Å². The van der Waals surface area contributed by atoms with Gasteiger partial charge in [-0.1, -0.05) is 0 Å². The summed E-state index contributed by atoms with van der Waals surface area (Å²) >= 11 is 3.23. The monoisotopic (exact) mass is 286 g/mol. The highest BCUT2D eigenvalue weighted by Gasteiger charge is 2.49. The minimum Gasteiger partial charge on any atom is -0.488 e. The zero-order valence-electron chi connectivity index (χ0n) is 9.09. The minimum atomic E-state index is -0.437. The van der Waals surface area contributed by atoms with Crippen molar-refractivity contribution in [2.75, 3.05) is 0 Å². The first-order valence-corrected chi connectivity index (χ1v) is 5.85. The molecule has 1 aliphatic rings. The molecular weight excluding hydrogens is 275 g/mol. The lowest BCUT2D eigenvalue weighted by Gasteiger charge is -2.42. The summed E-state index contributed by atoms with van der Waals surface area (Å²) in [6.07, 6.45) is 0.304. The average Bonchev–Trinajstić information content (AvgIpc) is 2.21. The van der Waals surface area contributed by atoms with Gasteiger partial charge < -0.3 is 4.74 Å². The molecule has 1 aromatic carbocycles. The van der Waals surface area contributed by atoms with Gasteiger partial charge in [0, 0.05) is 6.42 Å². The number of halogens is 2. The second-order valence-electron chi connectivity index (χ2n) is 4.53. The third-order valence-electron chi connectivity index (χ3n) is 3.06. The molecule has 86 valence electrons.